The number of hydrogen-bond donors (Lipinski definition) is 2. The Labute approximate surface area is 236 Å². The lowest BCUT2D eigenvalue weighted by Gasteiger charge is -2.27. The van der Waals surface area contributed by atoms with E-state index in [0.29, 0.717) is 23.8 Å². The number of fused-ring (bicyclic) bond motifs is 1. The molecular formula is C32H26N4O3S. The molecule has 8 heteroatoms. The first-order valence-electron chi connectivity index (χ1n) is 12.9. The topological polar surface area (TPSA) is 83.6 Å². The summed E-state index contributed by atoms with van der Waals surface area (Å²) in [6.45, 7) is 0.829. The number of anilines is 3. The highest BCUT2D eigenvalue weighted by atomic mass is 32.1. The van der Waals surface area contributed by atoms with Crippen LogP contribution in [0.3, 0.4) is 0 Å². The maximum absolute atomic E-state index is 13.5. The first-order valence-corrected chi connectivity index (χ1v) is 13.7. The molecule has 5 aromatic rings. The first kappa shape index (κ1) is 25.3. The predicted molar refractivity (Wildman–Crippen MR) is 157 cm³/mol. The maximum atomic E-state index is 13.5. The second-order valence-electron chi connectivity index (χ2n) is 9.37. The van der Waals surface area contributed by atoms with Crippen LogP contribution < -0.4 is 15.4 Å². The normalized spacial score (nSPS) is 13.0. The lowest BCUT2D eigenvalue weighted by molar-refractivity contribution is -0.120. The van der Waals surface area contributed by atoms with Crippen molar-refractivity contribution in [1.29, 1.82) is 0 Å². The summed E-state index contributed by atoms with van der Waals surface area (Å²) in [7, 11) is 0. The predicted octanol–water partition coefficient (Wildman–Crippen LogP) is 6.80. The molecule has 1 aliphatic heterocycles. The Morgan fingerprint density at radius 2 is 1.65 bits per heavy atom. The minimum atomic E-state index is -0.787. The molecule has 0 spiro atoms. The molecule has 0 aliphatic carbocycles. The number of amides is 2. The summed E-state index contributed by atoms with van der Waals surface area (Å²) < 4.78 is 5.89. The van der Waals surface area contributed by atoms with E-state index in [1.807, 2.05) is 103 Å². The summed E-state index contributed by atoms with van der Waals surface area (Å²) in [5.41, 5.74) is 5.07. The van der Waals surface area contributed by atoms with E-state index in [0.717, 1.165) is 33.8 Å². The van der Waals surface area contributed by atoms with E-state index in [4.69, 9.17) is 4.74 Å². The van der Waals surface area contributed by atoms with Gasteiger partial charge in [-0.15, -0.1) is 11.3 Å². The second kappa shape index (κ2) is 11.4. The van der Waals surface area contributed by atoms with E-state index in [-0.39, 0.29) is 11.8 Å². The summed E-state index contributed by atoms with van der Waals surface area (Å²) in [6, 6.07) is 32.0. The van der Waals surface area contributed by atoms with Crippen LogP contribution in [0.15, 0.2) is 115 Å². The SMILES string of the molecule is O=C(Nc1nccs1)C(c1ccccc1)N1Cc2cc(Nc3ccc(OCc4ccccc4)cc3)ccc2C1=O. The number of nitrogens with zero attached hydrogens (tertiary/aromatic N) is 2. The minimum Gasteiger partial charge on any atom is -0.489 e. The minimum absolute atomic E-state index is 0.176. The third-order valence-corrected chi connectivity index (χ3v) is 7.35. The summed E-state index contributed by atoms with van der Waals surface area (Å²) in [4.78, 5) is 32.7. The van der Waals surface area contributed by atoms with E-state index in [2.05, 4.69) is 15.6 Å². The van der Waals surface area contributed by atoms with E-state index >= 15 is 0 Å². The van der Waals surface area contributed by atoms with Crippen LogP contribution in [0, 0.1) is 0 Å². The number of ether oxygens (including phenoxy) is 1. The average Bonchev–Trinajstić information content (AvgIpc) is 3.61. The van der Waals surface area contributed by atoms with E-state index in [1.165, 1.54) is 11.3 Å². The van der Waals surface area contributed by atoms with Crippen LogP contribution in [0.4, 0.5) is 16.5 Å². The lowest BCUT2D eigenvalue weighted by Crippen LogP contribution is -2.37. The van der Waals surface area contributed by atoms with Crippen molar-refractivity contribution in [1.82, 2.24) is 9.88 Å². The van der Waals surface area contributed by atoms with Crippen LogP contribution in [0.25, 0.3) is 0 Å². The van der Waals surface area contributed by atoms with Crippen molar-refractivity contribution in [2.45, 2.75) is 19.2 Å². The van der Waals surface area contributed by atoms with Crippen LogP contribution in [-0.2, 0) is 17.9 Å². The first-order chi connectivity index (χ1) is 19.6. The average molecular weight is 547 g/mol. The highest BCUT2D eigenvalue weighted by Crippen LogP contribution is 2.34. The Hall–Kier alpha value is -4.95. The smallest absolute Gasteiger partial charge is 0.255 e. The van der Waals surface area contributed by atoms with Gasteiger partial charge >= 0.3 is 0 Å². The van der Waals surface area contributed by atoms with Crippen molar-refractivity contribution >= 4 is 39.7 Å². The number of nitrogens with one attached hydrogen (secondary N) is 2. The fourth-order valence-corrected chi connectivity index (χ4v) is 5.27. The molecule has 2 heterocycles. The molecule has 1 aromatic heterocycles. The molecule has 0 bridgehead atoms. The zero-order valence-electron chi connectivity index (χ0n) is 21.5. The van der Waals surface area contributed by atoms with Gasteiger partial charge in [0.05, 0.1) is 0 Å². The van der Waals surface area contributed by atoms with Gasteiger partial charge in [0.15, 0.2) is 5.13 Å². The quantitative estimate of drug-likeness (QED) is 0.212. The third kappa shape index (κ3) is 5.57. The van der Waals surface area contributed by atoms with Crippen molar-refractivity contribution in [2.24, 2.45) is 0 Å². The van der Waals surface area contributed by atoms with Crippen LogP contribution in [0.2, 0.25) is 0 Å². The van der Waals surface area contributed by atoms with E-state index in [1.54, 1.807) is 16.5 Å². The number of aromatic nitrogens is 1. The van der Waals surface area contributed by atoms with Gasteiger partial charge in [0.1, 0.15) is 18.4 Å². The number of hydrogen-bond acceptors (Lipinski definition) is 6. The Morgan fingerprint density at radius 3 is 2.38 bits per heavy atom. The molecule has 0 fully saturated rings. The molecule has 1 unspecified atom stereocenters. The zero-order valence-corrected chi connectivity index (χ0v) is 22.3. The van der Waals surface area contributed by atoms with Crippen molar-refractivity contribution < 1.29 is 14.3 Å². The highest BCUT2D eigenvalue weighted by molar-refractivity contribution is 7.13. The molecule has 40 heavy (non-hydrogen) atoms. The van der Waals surface area contributed by atoms with Crippen molar-refractivity contribution in [3.05, 3.63) is 137 Å². The number of benzene rings is 4. The number of rotatable bonds is 9. The highest BCUT2D eigenvalue weighted by Gasteiger charge is 2.37. The largest absolute Gasteiger partial charge is 0.489 e. The van der Waals surface area contributed by atoms with Gasteiger partial charge in [0.2, 0.25) is 0 Å². The molecule has 7 nitrogen and oxygen atoms in total. The van der Waals surface area contributed by atoms with Crippen LogP contribution >= 0.6 is 11.3 Å². The van der Waals surface area contributed by atoms with Gasteiger partial charge in [-0.25, -0.2) is 4.98 Å². The third-order valence-electron chi connectivity index (χ3n) is 6.67. The van der Waals surface area contributed by atoms with Gasteiger partial charge in [0, 0.05) is 35.1 Å². The lowest BCUT2D eigenvalue weighted by atomic mass is 10.0. The zero-order chi connectivity index (χ0) is 27.3. The number of carbonyl (C=O) groups is 2. The van der Waals surface area contributed by atoms with Gasteiger partial charge in [0.25, 0.3) is 11.8 Å². The van der Waals surface area contributed by atoms with Gasteiger partial charge in [-0.3, -0.25) is 14.9 Å². The summed E-state index contributed by atoms with van der Waals surface area (Å²) in [5, 5.41) is 8.56. The monoisotopic (exact) mass is 546 g/mol. The Bertz CT molecular complexity index is 1610. The van der Waals surface area contributed by atoms with E-state index in [9.17, 15) is 9.59 Å². The summed E-state index contributed by atoms with van der Waals surface area (Å²) in [5.74, 6) is 0.312. The molecule has 4 aromatic carbocycles. The molecule has 0 saturated carbocycles. The maximum Gasteiger partial charge on any atom is 0.255 e. The number of carbonyl (C=O) groups excluding carboxylic acids is 2. The number of thiazole rings is 1. The molecule has 1 aliphatic rings. The van der Waals surface area contributed by atoms with Gasteiger partial charge in [-0.2, -0.15) is 0 Å². The molecule has 2 N–H and O–H groups in total. The second-order valence-corrected chi connectivity index (χ2v) is 10.3. The molecule has 0 radical (unpaired) electrons. The van der Waals surface area contributed by atoms with Crippen molar-refractivity contribution in [3.63, 3.8) is 0 Å². The molecule has 2 amide bonds. The molecule has 1 atom stereocenters. The van der Waals surface area contributed by atoms with E-state index < -0.39 is 6.04 Å². The fraction of sp³-hybridized carbons (Fsp3) is 0.0938. The van der Waals surface area contributed by atoms with Gasteiger partial charge in [-0.1, -0.05) is 60.7 Å². The van der Waals surface area contributed by atoms with Gasteiger partial charge in [-0.05, 0) is 59.2 Å². The van der Waals surface area contributed by atoms with Crippen molar-refractivity contribution in [2.75, 3.05) is 10.6 Å². The molecule has 198 valence electrons. The Kier molecular flexibility index (Phi) is 7.24. The molecule has 6 rings (SSSR count). The van der Waals surface area contributed by atoms with Crippen LogP contribution in [0.1, 0.15) is 33.1 Å². The summed E-state index contributed by atoms with van der Waals surface area (Å²) >= 11 is 1.34. The Morgan fingerprint density at radius 1 is 0.925 bits per heavy atom. The molecular weight excluding hydrogens is 520 g/mol. The Balaban J connectivity index is 1.16. The fourth-order valence-electron chi connectivity index (χ4n) is 4.74. The summed E-state index contributed by atoms with van der Waals surface area (Å²) in [6.07, 6.45) is 1.63. The van der Waals surface area contributed by atoms with Crippen LogP contribution in [0.5, 0.6) is 5.75 Å². The van der Waals surface area contributed by atoms with Crippen molar-refractivity contribution in [3.8, 4) is 5.75 Å². The molecule has 0 saturated heterocycles. The van der Waals surface area contributed by atoms with Gasteiger partial charge < -0.3 is 15.0 Å². The van der Waals surface area contributed by atoms with Crippen LogP contribution in [-0.4, -0.2) is 21.7 Å². The standard InChI is InChI=1S/C32H26N4O3S/c37-30(35-32-33-17-18-40-32)29(23-9-5-2-6-10-23)36-20-24-19-26(13-16-28(24)31(36)38)34-25-11-14-27(15-12-25)39-21-22-7-3-1-4-8-22/h1-19,29,34H,20-21H2,(H,33,35,37).